The molecule has 0 amide bonds. The molecule has 62 heavy (non-hydrogen) atoms. The molecule has 3 atom stereocenters. The SMILES string of the molecule is CC1(C)CC(N2CCCC2)=C(C#N)/C(=C(\C#N)C(=O)OC(OC(=O)/C(C#N)=C2\CCCC(N3CCCC3)=C2C#N)OC(=O)C(C#N)C2CC(C)(C)CC(N3CCCC3)=C2C#N)C1. The Labute approximate surface area is 364 Å². The molecular formula is C47H53N9O6. The number of rotatable bonds is 10. The largest absolute Gasteiger partial charge is 0.413 e. The van der Waals surface area contributed by atoms with Crippen molar-refractivity contribution in [1.29, 1.82) is 31.6 Å². The van der Waals surface area contributed by atoms with Crippen LogP contribution in [0.1, 0.15) is 111 Å². The normalized spacial score (nSPS) is 24.7. The lowest BCUT2D eigenvalue weighted by molar-refractivity contribution is -0.255. The smallest absolute Gasteiger partial charge is 0.389 e. The average Bonchev–Trinajstić information content (AvgIpc) is 4.06. The van der Waals surface area contributed by atoms with Crippen molar-refractivity contribution >= 4 is 17.9 Å². The predicted octanol–water partition coefficient (Wildman–Crippen LogP) is 6.74. The first-order chi connectivity index (χ1) is 29.7. The van der Waals surface area contributed by atoms with Gasteiger partial charge in [-0.1, -0.05) is 27.7 Å². The lowest BCUT2D eigenvalue weighted by Crippen LogP contribution is -2.39. The third-order valence-corrected chi connectivity index (χ3v) is 12.9. The van der Waals surface area contributed by atoms with E-state index in [0.717, 1.165) is 76.1 Å². The number of allylic oxidation sites excluding steroid dienone is 8. The number of hydrogen-bond donors (Lipinski definition) is 0. The zero-order valence-electron chi connectivity index (χ0n) is 36.1. The maximum atomic E-state index is 14.3. The molecule has 0 radical (unpaired) electrons. The van der Waals surface area contributed by atoms with Crippen molar-refractivity contribution in [3.8, 4) is 36.4 Å². The number of likely N-dealkylation sites (tertiary alicyclic amines) is 3. The predicted molar refractivity (Wildman–Crippen MR) is 220 cm³/mol. The summed E-state index contributed by atoms with van der Waals surface area (Å²) in [5.74, 6) is -6.52. The molecule has 0 spiro atoms. The molecular weight excluding hydrogens is 787 g/mol. The summed E-state index contributed by atoms with van der Waals surface area (Å²) in [6.45, 7) is 9.71. The minimum absolute atomic E-state index is 0.132. The van der Waals surface area contributed by atoms with Gasteiger partial charge in [0.1, 0.15) is 35.4 Å². The van der Waals surface area contributed by atoms with E-state index in [9.17, 15) is 46.0 Å². The summed E-state index contributed by atoms with van der Waals surface area (Å²) < 4.78 is 16.7. The monoisotopic (exact) mass is 839 g/mol. The molecule has 3 aliphatic heterocycles. The van der Waals surface area contributed by atoms with Crippen LogP contribution in [0, 0.1) is 90.7 Å². The van der Waals surface area contributed by atoms with Gasteiger partial charge in [0.25, 0.3) is 0 Å². The van der Waals surface area contributed by atoms with Crippen LogP contribution in [0.2, 0.25) is 0 Å². The van der Waals surface area contributed by atoms with Crippen molar-refractivity contribution < 1.29 is 28.6 Å². The van der Waals surface area contributed by atoms with Gasteiger partial charge in [0.15, 0.2) is 5.92 Å². The lowest BCUT2D eigenvalue weighted by Gasteiger charge is -2.40. The Morgan fingerprint density at radius 2 is 1.06 bits per heavy atom. The number of nitrogens with zero attached hydrogens (tertiary/aromatic N) is 9. The third kappa shape index (κ3) is 9.49. The van der Waals surface area contributed by atoms with Crippen molar-refractivity contribution in [2.45, 2.75) is 118 Å². The van der Waals surface area contributed by atoms with Gasteiger partial charge in [0.2, 0.25) is 0 Å². The number of hydrogen-bond acceptors (Lipinski definition) is 15. The fraction of sp³-hybridized carbons (Fsp3) is 0.596. The van der Waals surface area contributed by atoms with Gasteiger partial charge >= 0.3 is 24.4 Å². The Morgan fingerprint density at radius 3 is 1.56 bits per heavy atom. The summed E-state index contributed by atoms with van der Waals surface area (Å²) in [7, 11) is 0. The molecule has 15 heteroatoms. The van der Waals surface area contributed by atoms with Crippen molar-refractivity contribution in [3.05, 3.63) is 56.1 Å². The molecule has 15 nitrogen and oxygen atoms in total. The van der Waals surface area contributed by atoms with Crippen LogP contribution in [0.3, 0.4) is 0 Å². The highest BCUT2D eigenvalue weighted by Gasteiger charge is 2.45. The first kappa shape index (κ1) is 45.0. The molecule has 3 aliphatic carbocycles. The van der Waals surface area contributed by atoms with Crippen LogP contribution in [-0.4, -0.2) is 78.4 Å². The molecule has 3 unspecified atom stereocenters. The van der Waals surface area contributed by atoms with Gasteiger partial charge in [-0.2, -0.15) is 31.6 Å². The number of nitriles is 6. The summed E-state index contributed by atoms with van der Waals surface area (Å²) in [5, 5.41) is 62.6. The first-order valence-electron chi connectivity index (χ1n) is 21.6. The Morgan fingerprint density at radius 1 is 0.581 bits per heavy atom. The lowest BCUT2D eigenvalue weighted by atomic mass is 9.67. The second-order valence-corrected chi connectivity index (χ2v) is 18.5. The van der Waals surface area contributed by atoms with E-state index in [-0.39, 0.29) is 47.1 Å². The summed E-state index contributed by atoms with van der Waals surface area (Å²) in [6, 6.07) is 12.3. The van der Waals surface area contributed by atoms with Crippen LogP contribution in [0.5, 0.6) is 0 Å². The molecule has 3 heterocycles. The Kier molecular flexibility index (Phi) is 13.8. The zero-order valence-corrected chi connectivity index (χ0v) is 36.1. The van der Waals surface area contributed by atoms with Crippen molar-refractivity contribution in [3.63, 3.8) is 0 Å². The standard InChI is InChI=1S/C47H53N9O6/c1-46(2)20-31(34(25-49)40(22-46)55-16-7-8-17-55)37(28-52)43(58)61-45(60-42(57)36(27-51)30-12-11-13-39(33(30)24-48)54-14-5-6-15-54)62-44(59)38(29-53)32-21-47(3,4)23-41(35(32)26-50)56-18-9-10-19-56/h31,37,45H,5-23H2,1-4H3/b36-30+,38-32+. The topological polar surface area (TPSA) is 231 Å². The van der Waals surface area contributed by atoms with Gasteiger partial charge in [0.05, 0.1) is 28.9 Å². The number of esters is 3. The highest BCUT2D eigenvalue weighted by molar-refractivity contribution is 5.97. The van der Waals surface area contributed by atoms with E-state index < -0.39 is 58.2 Å². The summed E-state index contributed by atoms with van der Waals surface area (Å²) in [6.07, 6.45) is 8.40. The highest BCUT2D eigenvalue weighted by Crippen LogP contribution is 2.47. The molecule has 3 fully saturated rings. The fourth-order valence-corrected chi connectivity index (χ4v) is 10.0. The van der Waals surface area contributed by atoms with Gasteiger partial charge in [-0.15, -0.1) is 0 Å². The Balaban J connectivity index is 1.39. The van der Waals surface area contributed by atoms with Crippen LogP contribution in [-0.2, 0) is 28.6 Å². The maximum absolute atomic E-state index is 14.3. The van der Waals surface area contributed by atoms with E-state index in [4.69, 9.17) is 14.2 Å². The molecule has 0 saturated carbocycles. The van der Waals surface area contributed by atoms with Crippen LogP contribution in [0.25, 0.3) is 0 Å². The Hall–Kier alpha value is -6.55. The number of ether oxygens (including phenoxy) is 3. The van der Waals surface area contributed by atoms with E-state index >= 15 is 0 Å². The third-order valence-electron chi connectivity index (χ3n) is 12.9. The van der Waals surface area contributed by atoms with Crippen molar-refractivity contribution in [2.75, 3.05) is 39.3 Å². The van der Waals surface area contributed by atoms with E-state index in [1.807, 2.05) is 45.9 Å². The van der Waals surface area contributed by atoms with Gasteiger partial charge < -0.3 is 28.9 Å². The van der Waals surface area contributed by atoms with Crippen molar-refractivity contribution in [2.24, 2.45) is 22.7 Å². The summed E-state index contributed by atoms with van der Waals surface area (Å²) in [5.41, 5.74) is 1.07. The molecule has 0 aromatic rings. The number of carbonyl (C=O) groups is 3. The van der Waals surface area contributed by atoms with E-state index in [2.05, 4.69) is 32.9 Å². The van der Waals surface area contributed by atoms with Gasteiger partial charge in [0, 0.05) is 62.3 Å². The summed E-state index contributed by atoms with van der Waals surface area (Å²) >= 11 is 0. The quantitative estimate of drug-likeness (QED) is 0.0959. The second kappa shape index (κ2) is 19.0. The zero-order chi connectivity index (χ0) is 44.8. The van der Waals surface area contributed by atoms with Crippen LogP contribution < -0.4 is 0 Å². The average molecular weight is 840 g/mol. The summed E-state index contributed by atoms with van der Waals surface area (Å²) in [4.78, 5) is 48.8. The van der Waals surface area contributed by atoms with Crippen LogP contribution in [0.4, 0.5) is 0 Å². The maximum Gasteiger partial charge on any atom is 0.413 e. The van der Waals surface area contributed by atoms with E-state index in [0.29, 0.717) is 44.5 Å². The van der Waals surface area contributed by atoms with E-state index in [1.54, 1.807) is 0 Å². The minimum atomic E-state index is -2.52. The minimum Gasteiger partial charge on any atom is -0.389 e. The van der Waals surface area contributed by atoms with Gasteiger partial charge in [-0.3, -0.25) is 4.79 Å². The molecule has 322 valence electrons. The fourth-order valence-electron chi connectivity index (χ4n) is 10.0. The molecule has 0 bridgehead atoms. The van der Waals surface area contributed by atoms with Gasteiger partial charge in [-0.25, -0.2) is 9.59 Å². The Bertz CT molecular complexity index is 2290. The van der Waals surface area contributed by atoms with Crippen LogP contribution in [0.15, 0.2) is 56.1 Å². The molecule has 0 N–H and O–H groups in total. The highest BCUT2D eigenvalue weighted by atomic mass is 16.9. The van der Waals surface area contributed by atoms with Gasteiger partial charge in [-0.05, 0) is 105 Å². The molecule has 0 aromatic heterocycles. The number of carbonyl (C=O) groups excluding carboxylic acids is 3. The second-order valence-electron chi connectivity index (χ2n) is 18.5. The van der Waals surface area contributed by atoms with E-state index in [1.165, 1.54) is 0 Å². The van der Waals surface area contributed by atoms with Crippen molar-refractivity contribution in [1.82, 2.24) is 14.7 Å². The van der Waals surface area contributed by atoms with Crippen LogP contribution >= 0.6 is 0 Å². The first-order valence-corrected chi connectivity index (χ1v) is 21.6. The molecule has 6 aliphatic rings. The molecule has 0 aromatic carbocycles. The molecule has 3 saturated heterocycles. The molecule has 6 rings (SSSR count).